The Morgan fingerprint density at radius 3 is 2.37 bits per heavy atom. The average molecular weight is 255 g/mol. The molecule has 2 aromatic rings. The third kappa shape index (κ3) is 2.95. The molecule has 0 aliphatic carbocycles. The highest BCUT2D eigenvalue weighted by Crippen LogP contribution is 2.17. The number of nitrogens with one attached hydrogen (secondary N) is 1. The van der Waals surface area contributed by atoms with Crippen molar-refractivity contribution >= 4 is 11.5 Å². The predicted octanol–water partition coefficient (Wildman–Crippen LogP) is 2.47. The van der Waals surface area contributed by atoms with Gasteiger partial charge >= 0.3 is 0 Å². The third-order valence-electron chi connectivity index (χ3n) is 2.85. The lowest BCUT2D eigenvalue weighted by atomic mass is 9.99. The lowest BCUT2D eigenvalue weighted by Crippen LogP contribution is -2.13. The minimum atomic E-state index is -0.423. The molecule has 5 nitrogen and oxygen atoms in total. The molecule has 2 rings (SSSR count). The number of amidine groups is 1. The number of hydrogen-bond donors (Lipinski definition) is 2. The molecule has 2 aromatic carbocycles. The van der Waals surface area contributed by atoms with Crippen LogP contribution in [0.25, 0.3) is 0 Å². The van der Waals surface area contributed by atoms with Crippen molar-refractivity contribution in [3.05, 3.63) is 75.3 Å². The van der Waals surface area contributed by atoms with E-state index in [-0.39, 0.29) is 11.5 Å². The molecule has 0 amide bonds. The highest BCUT2D eigenvalue weighted by molar-refractivity contribution is 5.96. The van der Waals surface area contributed by atoms with E-state index in [4.69, 9.17) is 11.1 Å². The molecule has 19 heavy (non-hydrogen) atoms. The van der Waals surface area contributed by atoms with Crippen LogP contribution in [0.4, 0.5) is 5.69 Å². The van der Waals surface area contributed by atoms with E-state index >= 15 is 0 Å². The van der Waals surface area contributed by atoms with Gasteiger partial charge in [0, 0.05) is 17.7 Å². The van der Waals surface area contributed by atoms with E-state index in [0.29, 0.717) is 12.0 Å². The topological polar surface area (TPSA) is 93.0 Å². The van der Waals surface area contributed by atoms with E-state index < -0.39 is 4.92 Å². The van der Waals surface area contributed by atoms with Crippen LogP contribution >= 0.6 is 0 Å². The molecule has 0 saturated carbocycles. The molecule has 0 spiro atoms. The Morgan fingerprint density at radius 2 is 1.79 bits per heavy atom. The van der Waals surface area contributed by atoms with Crippen molar-refractivity contribution in [1.29, 1.82) is 5.41 Å². The molecule has 0 atom stereocenters. The van der Waals surface area contributed by atoms with Gasteiger partial charge in [-0.1, -0.05) is 36.4 Å². The second kappa shape index (κ2) is 5.30. The zero-order chi connectivity index (χ0) is 13.8. The van der Waals surface area contributed by atoms with E-state index in [9.17, 15) is 10.1 Å². The fourth-order valence-corrected chi connectivity index (χ4v) is 1.89. The standard InChI is InChI=1S/C14H13N3O2/c15-14(16)13-4-2-1-3-11(13)9-10-5-7-12(8-6-10)17(18)19/h1-8H,9H2,(H3,15,16). The van der Waals surface area contributed by atoms with Gasteiger partial charge in [-0.05, 0) is 17.5 Å². The van der Waals surface area contributed by atoms with Crippen LogP contribution in [0.2, 0.25) is 0 Å². The summed E-state index contributed by atoms with van der Waals surface area (Å²) in [4.78, 5) is 10.2. The van der Waals surface area contributed by atoms with E-state index in [2.05, 4.69) is 0 Å². The molecular formula is C14H13N3O2. The molecule has 0 aliphatic heterocycles. The van der Waals surface area contributed by atoms with Gasteiger partial charge in [0.25, 0.3) is 5.69 Å². The fourth-order valence-electron chi connectivity index (χ4n) is 1.89. The van der Waals surface area contributed by atoms with Crippen LogP contribution in [0, 0.1) is 15.5 Å². The van der Waals surface area contributed by atoms with Crippen LogP contribution in [0.15, 0.2) is 48.5 Å². The monoisotopic (exact) mass is 255 g/mol. The lowest BCUT2D eigenvalue weighted by Gasteiger charge is -2.07. The number of nitro groups is 1. The van der Waals surface area contributed by atoms with Crippen molar-refractivity contribution in [2.75, 3.05) is 0 Å². The molecule has 96 valence electrons. The van der Waals surface area contributed by atoms with Crippen molar-refractivity contribution in [3.63, 3.8) is 0 Å². The van der Waals surface area contributed by atoms with Gasteiger partial charge in [-0.3, -0.25) is 15.5 Å². The zero-order valence-corrected chi connectivity index (χ0v) is 10.2. The minimum absolute atomic E-state index is 0.0255. The maximum Gasteiger partial charge on any atom is 0.269 e. The summed E-state index contributed by atoms with van der Waals surface area (Å²) in [5, 5.41) is 18.1. The van der Waals surface area contributed by atoms with E-state index in [0.717, 1.165) is 11.1 Å². The number of nitro benzene ring substituents is 1. The van der Waals surface area contributed by atoms with E-state index in [1.54, 1.807) is 18.2 Å². The summed E-state index contributed by atoms with van der Waals surface area (Å²) in [7, 11) is 0. The second-order valence-corrected chi connectivity index (χ2v) is 4.17. The molecule has 0 aliphatic rings. The normalized spacial score (nSPS) is 10.1. The third-order valence-corrected chi connectivity index (χ3v) is 2.85. The number of hydrogen-bond acceptors (Lipinski definition) is 3. The molecule has 0 radical (unpaired) electrons. The smallest absolute Gasteiger partial charge is 0.269 e. The summed E-state index contributed by atoms with van der Waals surface area (Å²) in [5.74, 6) is 0.0255. The number of benzene rings is 2. The molecular weight excluding hydrogens is 242 g/mol. The van der Waals surface area contributed by atoms with Crippen LogP contribution in [-0.2, 0) is 6.42 Å². The van der Waals surface area contributed by atoms with Crippen LogP contribution in [-0.4, -0.2) is 10.8 Å². The summed E-state index contributed by atoms with van der Waals surface area (Å²) in [6.45, 7) is 0. The van der Waals surface area contributed by atoms with Crippen LogP contribution < -0.4 is 5.73 Å². The predicted molar refractivity (Wildman–Crippen MR) is 73.4 cm³/mol. The van der Waals surface area contributed by atoms with Crippen molar-refractivity contribution in [3.8, 4) is 0 Å². The first-order chi connectivity index (χ1) is 9.08. The molecule has 3 N–H and O–H groups in total. The van der Waals surface area contributed by atoms with Gasteiger partial charge in [-0.15, -0.1) is 0 Å². The first-order valence-electron chi connectivity index (χ1n) is 5.73. The summed E-state index contributed by atoms with van der Waals surface area (Å²) in [6, 6.07) is 13.8. The molecule has 0 heterocycles. The highest BCUT2D eigenvalue weighted by Gasteiger charge is 2.07. The molecule has 0 fully saturated rings. The first kappa shape index (κ1) is 12.8. The lowest BCUT2D eigenvalue weighted by molar-refractivity contribution is -0.384. The maximum absolute atomic E-state index is 10.6. The molecule has 0 aromatic heterocycles. The van der Waals surface area contributed by atoms with E-state index in [1.165, 1.54) is 12.1 Å². The van der Waals surface area contributed by atoms with Gasteiger partial charge in [0.2, 0.25) is 0 Å². The maximum atomic E-state index is 10.6. The molecule has 5 heteroatoms. The number of non-ortho nitro benzene ring substituents is 1. The SMILES string of the molecule is N=C(N)c1ccccc1Cc1ccc([N+](=O)[O-])cc1. The minimum Gasteiger partial charge on any atom is -0.384 e. The average Bonchev–Trinajstić information content (AvgIpc) is 2.39. The number of nitrogens with two attached hydrogens (primary N) is 1. The quantitative estimate of drug-likeness (QED) is 0.380. The summed E-state index contributed by atoms with van der Waals surface area (Å²) in [6.07, 6.45) is 0.591. The highest BCUT2D eigenvalue weighted by atomic mass is 16.6. The van der Waals surface area contributed by atoms with Crippen LogP contribution in [0.1, 0.15) is 16.7 Å². The van der Waals surface area contributed by atoms with Gasteiger partial charge in [0.15, 0.2) is 0 Å². The van der Waals surface area contributed by atoms with Gasteiger partial charge in [0.1, 0.15) is 5.84 Å². The second-order valence-electron chi connectivity index (χ2n) is 4.17. The van der Waals surface area contributed by atoms with Gasteiger partial charge in [0.05, 0.1) is 4.92 Å². The Bertz CT molecular complexity index is 621. The summed E-state index contributed by atoms with van der Waals surface area (Å²) in [5.41, 5.74) is 8.17. The molecule has 0 saturated heterocycles. The van der Waals surface area contributed by atoms with Crippen molar-refractivity contribution in [1.82, 2.24) is 0 Å². The number of rotatable bonds is 4. The van der Waals surface area contributed by atoms with Crippen molar-refractivity contribution < 1.29 is 4.92 Å². The summed E-state index contributed by atoms with van der Waals surface area (Å²) < 4.78 is 0. The Labute approximate surface area is 110 Å². The fraction of sp³-hybridized carbons (Fsp3) is 0.0714. The largest absolute Gasteiger partial charge is 0.384 e. The Kier molecular flexibility index (Phi) is 3.56. The van der Waals surface area contributed by atoms with Gasteiger partial charge in [-0.25, -0.2) is 0 Å². The molecule has 0 unspecified atom stereocenters. The Hall–Kier alpha value is -2.69. The van der Waals surface area contributed by atoms with Crippen molar-refractivity contribution in [2.45, 2.75) is 6.42 Å². The number of nitrogens with zero attached hydrogens (tertiary/aromatic N) is 1. The first-order valence-corrected chi connectivity index (χ1v) is 5.73. The van der Waals surface area contributed by atoms with Crippen LogP contribution in [0.5, 0.6) is 0 Å². The number of nitrogen functional groups attached to an aromatic ring is 1. The Morgan fingerprint density at radius 1 is 1.16 bits per heavy atom. The van der Waals surface area contributed by atoms with E-state index in [1.807, 2.05) is 18.2 Å². The van der Waals surface area contributed by atoms with Gasteiger partial charge in [-0.2, -0.15) is 0 Å². The van der Waals surface area contributed by atoms with Gasteiger partial charge < -0.3 is 5.73 Å². The van der Waals surface area contributed by atoms with Crippen molar-refractivity contribution in [2.24, 2.45) is 5.73 Å². The zero-order valence-electron chi connectivity index (χ0n) is 10.2. The Balaban J connectivity index is 2.26. The summed E-state index contributed by atoms with van der Waals surface area (Å²) >= 11 is 0. The van der Waals surface area contributed by atoms with Crippen LogP contribution in [0.3, 0.4) is 0 Å². The molecule has 0 bridgehead atoms.